The third-order valence-electron chi connectivity index (χ3n) is 0.761. The molecule has 0 aliphatic carbocycles. The van der Waals surface area contributed by atoms with Crippen LogP contribution in [0.25, 0.3) is 0 Å². The molecule has 0 heterocycles. The predicted octanol–water partition coefficient (Wildman–Crippen LogP) is 2.75. The summed E-state index contributed by atoms with van der Waals surface area (Å²) >= 11 is 3.17. The average Bonchev–Trinajstić information content (AvgIpc) is 1.91. The second kappa shape index (κ2) is 6.65. The SMILES string of the molecule is CC.CCOC(=O)C(C)(C)Br. The first-order chi connectivity index (χ1) is 4.98. The van der Waals surface area contributed by atoms with Gasteiger partial charge in [-0.2, -0.15) is 0 Å². The van der Waals surface area contributed by atoms with Crippen LogP contribution >= 0.6 is 15.9 Å². The summed E-state index contributed by atoms with van der Waals surface area (Å²) in [5.41, 5.74) is 0. The van der Waals surface area contributed by atoms with Crippen LogP contribution in [0.2, 0.25) is 0 Å². The molecule has 0 amide bonds. The summed E-state index contributed by atoms with van der Waals surface area (Å²) in [5.74, 6) is -0.218. The van der Waals surface area contributed by atoms with Gasteiger partial charge in [0, 0.05) is 0 Å². The molecule has 0 rings (SSSR count). The number of rotatable bonds is 2. The van der Waals surface area contributed by atoms with E-state index in [2.05, 4.69) is 15.9 Å². The van der Waals surface area contributed by atoms with E-state index in [4.69, 9.17) is 4.74 Å². The normalized spacial score (nSPS) is 9.64. The highest BCUT2D eigenvalue weighted by molar-refractivity contribution is 9.10. The molecule has 0 aromatic carbocycles. The van der Waals surface area contributed by atoms with Crippen molar-refractivity contribution in [1.82, 2.24) is 0 Å². The second-order valence-electron chi connectivity index (χ2n) is 2.19. The summed E-state index contributed by atoms with van der Waals surface area (Å²) < 4.78 is 4.18. The smallest absolute Gasteiger partial charge is 0.322 e. The van der Waals surface area contributed by atoms with Gasteiger partial charge in [-0.3, -0.25) is 4.79 Å². The van der Waals surface area contributed by atoms with Gasteiger partial charge in [-0.1, -0.05) is 29.8 Å². The first-order valence-corrected chi connectivity index (χ1v) is 4.64. The van der Waals surface area contributed by atoms with Crippen LogP contribution in [-0.2, 0) is 9.53 Å². The Morgan fingerprint density at radius 3 is 1.91 bits per heavy atom. The van der Waals surface area contributed by atoms with Crippen molar-refractivity contribution < 1.29 is 9.53 Å². The molecule has 0 aliphatic heterocycles. The molecule has 0 bridgehead atoms. The molecule has 0 atom stereocenters. The molecule has 0 N–H and O–H groups in total. The first-order valence-electron chi connectivity index (χ1n) is 3.84. The monoisotopic (exact) mass is 224 g/mol. The molecule has 0 aromatic rings. The number of hydrogen-bond acceptors (Lipinski definition) is 2. The maximum absolute atomic E-state index is 10.8. The number of carbonyl (C=O) groups is 1. The van der Waals surface area contributed by atoms with Crippen LogP contribution in [0.5, 0.6) is 0 Å². The van der Waals surface area contributed by atoms with Crippen LogP contribution in [0.3, 0.4) is 0 Å². The first kappa shape index (κ1) is 13.5. The van der Waals surface area contributed by atoms with Crippen LogP contribution in [0.4, 0.5) is 0 Å². The lowest BCUT2D eigenvalue weighted by molar-refractivity contribution is -0.144. The van der Waals surface area contributed by atoms with Crippen LogP contribution in [0.1, 0.15) is 34.6 Å². The Morgan fingerprint density at radius 2 is 1.82 bits per heavy atom. The third-order valence-corrected chi connectivity index (χ3v) is 1.08. The van der Waals surface area contributed by atoms with E-state index >= 15 is 0 Å². The number of esters is 1. The fourth-order valence-corrected chi connectivity index (χ4v) is 0.417. The van der Waals surface area contributed by atoms with Gasteiger partial charge >= 0.3 is 5.97 Å². The Labute approximate surface area is 77.4 Å². The van der Waals surface area contributed by atoms with Gasteiger partial charge in [-0.15, -0.1) is 0 Å². The van der Waals surface area contributed by atoms with E-state index in [-0.39, 0.29) is 5.97 Å². The van der Waals surface area contributed by atoms with Crippen molar-refractivity contribution in [3.8, 4) is 0 Å². The molecule has 0 fully saturated rings. The third kappa shape index (κ3) is 7.85. The zero-order valence-corrected chi connectivity index (χ0v) is 9.49. The summed E-state index contributed by atoms with van der Waals surface area (Å²) in [6.07, 6.45) is 0. The van der Waals surface area contributed by atoms with Crippen LogP contribution in [0.15, 0.2) is 0 Å². The van der Waals surface area contributed by atoms with Gasteiger partial charge in [0.25, 0.3) is 0 Å². The molecular formula is C8H17BrO2. The molecule has 11 heavy (non-hydrogen) atoms. The van der Waals surface area contributed by atoms with Crippen molar-refractivity contribution in [3.63, 3.8) is 0 Å². The van der Waals surface area contributed by atoms with E-state index in [0.717, 1.165) is 0 Å². The van der Waals surface area contributed by atoms with Crippen molar-refractivity contribution in [1.29, 1.82) is 0 Å². The van der Waals surface area contributed by atoms with Crippen molar-refractivity contribution in [2.75, 3.05) is 6.61 Å². The van der Waals surface area contributed by atoms with Gasteiger partial charge in [-0.25, -0.2) is 0 Å². The van der Waals surface area contributed by atoms with Crippen molar-refractivity contribution in [2.24, 2.45) is 0 Å². The molecule has 68 valence electrons. The minimum Gasteiger partial charge on any atom is -0.465 e. The van der Waals surface area contributed by atoms with Gasteiger partial charge in [0.2, 0.25) is 0 Å². The molecular weight excluding hydrogens is 208 g/mol. The van der Waals surface area contributed by atoms with E-state index in [1.54, 1.807) is 20.8 Å². The number of ether oxygens (including phenoxy) is 1. The fraction of sp³-hybridized carbons (Fsp3) is 0.875. The maximum atomic E-state index is 10.8. The van der Waals surface area contributed by atoms with Crippen molar-refractivity contribution in [2.45, 2.75) is 38.9 Å². The van der Waals surface area contributed by atoms with E-state index in [1.807, 2.05) is 13.8 Å². The standard InChI is InChI=1S/C6H11BrO2.C2H6/c1-4-9-5(8)6(2,3)7;1-2/h4H2,1-3H3;1-2H3. The Bertz CT molecular complexity index is 105. The number of hydrogen-bond donors (Lipinski definition) is 0. The average molecular weight is 225 g/mol. The highest BCUT2D eigenvalue weighted by atomic mass is 79.9. The van der Waals surface area contributed by atoms with Gasteiger partial charge in [0.05, 0.1) is 6.61 Å². The largest absolute Gasteiger partial charge is 0.465 e. The lowest BCUT2D eigenvalue weighted by Gasteiger charge is -2.12. The van der Waals surface area contributed by atoms with Gasteiger partial charge in [-0.05, 0) is 20.8 Å². The number of alkyl halides is 1. The summed E-state index contributed by atoms with van der Waals surface area (Å²) in [5, 5.41) is 0. The summed E-state index contributed by atoms with van der Waals surface area (Å²) in [6, 6.07) is 0. The van der Waals surface area contributed by atoms with Gasteiger partial charge in [0.15, 0.2) is 0 Å². The Morgan fingerprint density at radius 1 is 1.45 bits per heavy atom. The molecule has 0 saturated carbocycles. The minimum absolute atomic E-state index is 0.218. The molecule has 0 spiro atoms. The summed E-state index contributed by atoms with van der Waals surface area (Å²) in [7, 11) is 0. The molecule has 3 heteroatoms. The minimum atomic E-state index is -0.539. The molecule has 0 unspecified atom stereocenters. The quantitative estimate of drug-likeness (QED) is 0.533. The summed E-state index contributed by atoms with van der Waals surface area (Å²) in [4.78, 5) is 10.8. The molecule has 0 radical (unpaired) electrons. The van der Waals surface area contributed by atoms with Crippen molar-refractivity contribution in [3.05, 3.63) is 0 Å². The molecule has 0 aliphatic rings. The van der Waals surface area contributed by atoms with Gasteiger partial charge in [0.1, 0.15) is 4.32 Å². The lowest BCUT2D eigenvalue weighted by atomic mass is 10.2. The molecule has 0 saturated heterocycles. The number of carbonyl (C=O) groups excluding carboxylic acids is 1. The lowest BCUT2D eigenvalue weighted by Crippen LogP contribution is -2.26. The topological polar surface area (TPSA) is 26.3 Å². The van der Waals surface area contributed by atoms with Gasteiger partial charge < -0.3 is 4.74 Å². The van der Waals surface area contributed by atoms with E-state index in [9.17, 15) is 4.79 Å². The van der Waals surface area contributed by atoms with Crippen LogP contribution in [0, 0.1) is 0 Å². The zero-order valence-electron chi connectivity index (χ0n) is 7.90. The Balaban J connectivity index is 0. The zero-order chi connectivity index (χ0) is 9.49. The predicted molar refractivity (Wildman–Crippen MR) is 51.0 cm³/mol. The highest BCUT2D eigenvalue weighted by Gasteiger charge is 2.24. The maximum Gasteiger partial charge on any atom is 0.322 e. The molecule has 0 aromatic heterocycles. The van der Waals surface area contributed by atoms with Crippen molar-refractivity contribution >= 4 is 21.9 Å². The van der Waals surface area contributed by atoms with Crippen LogP contribution < -0.4 is 0 Å². The Hall–Kier alpha value is -0.0500. The summed E-state index contributed by atoms with van der Waals surface area (Å²) in [6.45, 7) is 9.74. The Kier molecular flexibility index (Phi) is 8.18. The highest BCUT2D eigenvalue weighted by Crippen LogP contribution is 2.16. The second-order valence-corrected chi connectivity index (χ2v) is 4.18. The van der Waals surface area contributed by atoms with E-state index < -0.39 is 4.32 Å². The van der Waals surface area contributed by atoms with E-state index in [0.29, 0.717) is 6.61 Å². The number of halogens is 1. The molecule has 2 nitrogen and oxygen atoms in total. The van der Waals surface area contributed by atoms with Crippen LogP contribution in [-0.4, -0.2) is 16.9 Å². The van der Waals surface area contributed by atoms with E-state index in [1.165, 1.54) is 0 Å². The fourth-order valence-electron chi connectivity index (χ4n) is 0.303.